The lowest BCUT2D eigenvalue weighted by Gasteiger charge is -2.09. The number of thioether (sulfide) groups is 1. The number of nitrogens with zero attached hydrogens (tertiary/aromatic N) is 1. The molecule has 0 amide bonds. The molecule has 3 aromatic carbocycles. The van der Waals surface area contributed by atoms with E-state index in [0.29, 0.717) is 14.9 Å². The molecule has 0 aliphatic heterocycles. The van der Waals surface area contributed by atoms with E-state index in [1.54, 1.807) is 30.3 Å². The predicted octanol–water partition coefficient (Wildman–Crippen LogP) is 7.28. The minimum atomic E-state index is -0.622. The molecule has 0 radical (unpaired) electrons. The number of nitro groups is 1. The highest BCUT2D eigenvalue weighted by atomic mass is 35.5. The van der Waals surface area contributed by atoms with E-state index in [1.807, 2.05) is 0 Å². The summed E-state index contributed by atoms with van der Waals surface area (Å²) in [7, 11) is 0. The minimum Gasteiger partial charge on any atom is -0.449 e. The number of hydrogen-bond acceptors (Lipinski definition) is 5. The number of carbonyl (C=O) groups is 1. The molecule has 142 valence electrons. The SMILES string of the molecule is O=C(Sc1ccc(Cl)cc1)c1ccc(Oc2ccc(Cl)cc2Cl)c([N+](=O)[O-])c1. The molecule has 0 spiro atoms. The van der Waals surface area contributed by atoms with Crippen LogP contribution in [0.15, 0.2) is 65.6 Å². The Hall–Kier alpha value is -2.25. The molecule has 9 heteroatoms. The second-order valence-corrected chi connectivity index (χ2v) is 7.79. The monoisotopic (exact) mass is 453 g/mol. The Labute approximate surface area is 179 Å². The summed E-state index contributed by atoms with van der Waals surface area (Å²) in [6.07, 6.45) is 0. The molecule has 3 aromatic rings. The van der Waals surface area contributed by atoms with E-state index in [9.17, 15) is 14.9 Å². The molecule has 0 aliphatic carbocycles. The Balaban J connectivity index is 1.87. The molecule has 5 nitrogen and oxygen atoms in total. The number of halogens is 3. The van der Waals surface area contributed by atoms with Gasteiger partial charge in [0.1, 0.15) is 5.75 Å². The molecule has 0 aromatic heterocycles. The molecular weight excluding hydrogens is 445 g/mol. The van der Waals surface area contributed by atoms with Crippen molar-refractivity contribution < 1.29 is 14.5 Å². The maximum absolute atomic E-state index is 12.5. The first-order valence-electron chi connectivity index (χ1n) is 7.72. The average Bonchev–Trinajstić information content (AvgIpc) is 2.66. The van der Waals surface area contributed by atoms with Gasteiger partial charge in [-0.3, -0.25) is 14.9 Å². The van der Waals surface area contributed by atoms with Crippen molar-refractivity contribution in [2.75, 3.05) is 0 Å². The van der Waals surface area contributed by atoms with E-state index < -0.39 is 4.92 Å². The van der Waals surface area contributed by atoms with Gasteiger partial charge >= 0.3 is 5.69 Å². The lowest BCUT2D eigenvalue weighted by molar-refractivity contribution is -0.385. The summed E-state index contributed by atoms with van der Waals surface area (Å²) in [5.41, 5.74) is -0.185. The third-order valence-corrected chi connectivity index (χ3v) is 5.24. The molecule has 0 N–H and O–H groups in total. The Kier molecular flexibility index (Phi) is 6.46. The van der Waals surface area contributed by atoms with Crippen molar-refractivity contribution in [2.45, 2.75) is 4.90 Å². The first-order valence-corrected chi connectivity index (χ1v) is 9.67. The third kappa shape index (κ3) is 4.97. The lowest BCUT2D eigenvalue weighted by Crippen LogP contribution is -1.99. The third-order valence-electron chi connectivity index (χ3n) is 3.53. The maximum Gasteiger partial charge on any atom is 0.312 e. The molecule has 3 rings (SSSR count). The van der Waals surface area contributed by atoms with Gasteiger partial charge in [-0.2, -0.15) is 0 Å². The van der Waals surface area contributed by atoms with Crippen LogP contribution in [-0.4, -0.2) is 10.0 Å². The quantitative estimate of drug-likeness (QED) is 0.230. The second kappa shape index (κ2) is 8.84. The molecular formula is C19H10Cl3NO4S. The fraction of sp³-hybridized carbons (Fsp3) is 0. The Bertz CT molecular complexity index is 1060. The minimum absolute atomic E-state index is 0.0396. The van der Waals surface area contributed by atoms with Crippen molar-refractivity contribution in [3.63, 3.8) is 0 Å². The summed E-state index contributed by atoms with van der Waals surface area (Å²) in [5, 5.41) is 12.3. The molecule has 0 bridgehead atoms. The van der Waals surface area contributed by atoms with Crippen LogP contribution in [0.25, 0.3) is 0 Å². The van der Waals surface area contributed by atoms with Crippen molar-refractivity contribution in [1.29, 1.82) is 0 Å². The second-order valence-electron chi connectivity index (χ2n) is 5.46. The zero-order valence-electron chi connectivity index (χ0n) is 13.9. The van der Waals surface area contributed by atoms with Crippen LogP contribution in [0, 0.1) is 10.1 Å². The standard InChI is InChI=1S/C19H10Cl3NO4S/c20-12-2-5-14(6-3-12)28-19(24)11-1-7-18(16(9-11)23(25)26)27-17-8-4-13(21)10-15(17)22/h1-10H. The van der Waals surface area contributed by atoms with E-state index in [0.717, 1.165) is 11.8 Å². The highest BCUT2D eigenvalue weighted by Crippen LogP contribution is 2.37. The van der Waals surface area contributed by atoms with Crippen LogP contribution in [0.5, 0.6) is 11.5 Å². The summed E-state index contributed by atoms with van der Waals surface area (Å²) in [6.45, 7) is 0. The highest BCUT2D eigenvalue weighted by Gasteiger charge is 2.21. The largest absolute Gasteiger partial charge is 0.449 e. The lowest BCUT2D eigenvalue weighted by atomic mass is 10.2. The molecule has 0 atom stereocenters. The Morgan fingerprint density at radius 3 is 2.18 bits per heavy atom. The van der Waals surface area contributed by atoms with E-state index in [-0.39, 0.29) is 32.9 Å². The maximum atomic E-state index is 12.5. The fourth-order valence-electron chi connectivity index (χ4n) is 2.22. The van der Waals surface area contributed by atoms with Gasteiger partial charge in [-0.25, -0.2) is 0 Å². The zero-order valence-corrected chi connectivity index (χ0v) is 17.0. The molecule has 28 heavy (non-hydrogen) atoms. The summed E-state index contributed by atoms with van der Waals surface area (Å²) >= 11 is 18.7. The molecule has 0 fully saturated rings. The number of rotatable bonds is 5. The van der Waals surface area contributed by atoms with Crippen LogP contribution in [0.4, 0.5) is 5.69 Å². The number of hydrogen-bond donors (Lipinski definition) is 0. The summed E-state index contributed by atoms with van der Waals surface area (Å²) in [4.78, 5) is 24.0. The number of benzene rings is 3. The van der Waals surface area contributed by atoms with Crippen molar-refractivity contribution in [2.24, 2.45) is 0 Å². The van der Waals surface area contributed by atoms with Gasteiger partial charge < -0.3 is 4.74 Å². The predicted molar refractivity (Wildman–Crippen MR) is 111 cm³/mol. The van der Waals surface area contributed by atoms with Crippen molar-refractivity contribution in [3.05, 3.63) is 91.4 Å². The Morgan fingerprint density at radius 2 is 1.54 bits per heavy atom. The van der Waals surface area contributed by atoms with Gasteiger partial charge in [0.15, 0.2) is 0 Å². The molecule has 0 aliphatic rings. The van der Waals surface area contributed by atoms with Crippen molar-refractivity contribution in [1.82, 2.24) is 0 Å². The molecule has 0 saturated carbocycles. The Morgan fingerprint density at radius 1 is 0.893 bits per heavy atom. The van der Waals surface area contributed by atoms with Crippen LogP contribution in [0.2, 0.25) is 15.1 Å². The van der Waals surface area contributed by atoms with Gasteiger partial charge in [-0.15, -0.1) is 0 Å². The summed E-state index contributed by atoms with van der Waals surface area (Å²) < 4.78 is 5.56. The van der Waals surface area contributed by atoms with E-state index in [4.69, 9.17) is 39.5 Å². The first kappa shape index (κ1) is 20.5. The van der Waals surface area contributed by atoms with Crippen LogP contribution < -0.4 is 4.74 Å². The zero-order chi connectivity index (χ0) is 20.3. The number of nitro benzene ring substituents is 1. The van der Waals surface area contributed by atoms with E-state index in [2.05, 4.69) is 0 Å². The summed E-state index contributed by atoms with van der Waals surface area (Å²) in [5.74, 6) is 0.172. The van der Waals surface area contributed by atoms with Gasteiger partial charge in [0.25, 0.3) is 0 Å². The first-order chi connectivity index (χ1) is 13.3. The van der Waals surface area contributed by atoms with Crippen molar-refractivity contribution in [3.8, 4) is 11.5 Å². The van der Waals surface area contributed by atoms with Crippen molar-refractivity contribution >= 4 is 57.4 Å². The van der Waals surface area contributed by atoms with Gasteiger partial charge in [0.2, 0.25) is 10.9 Å². The van der Waals surface area contributed by atoms with Gasteiger partial charge in [0, 0.05) is 26.6 Å². The van der Waals surface area contributed by atoms with Crippen LogP contribution in [0.3, 0.4) is 0 Å². The fourth-order valence-corrected chi connectivity index (χ4v) is 3.52. The molecule has 0 unspecified atom stereocenters. The summed E-state index contributed by atoms with van der Waals surface area (Å²) in [6, 6.07) is 15.2. The van der Waals surface area contributed by atoms with E-state index in [1.165, 1.54) is 30.3 Å². The average molecular weight is 455 g/mol. The van der Waals surface area contributed by atoms with Crippen LogP contribution in [-0.2, 0) is 0 Å². The van der Waals surface area contributed by atoms with Gasteiger partial charge in [-0.05, 0) is 66.4 Å². The number of ether oxygens (including phenoxy) is 1. The number of carbonyl (C=O) groups excluding carboxylic acids is 1. The van der Waals surface area contributed by atoms with Crippen LogP contribution in [0.1, 0.15) is 10.4 Å². The molecule has 0 heterocycles. The van der Waals surface area contributed by atoms with Gasteiger partial charge in [0.05, 0.1) is 9.95 Å². The molecule has 0 saturated heterocycles. The van der Waals surface area contributed by atoms with Gasteiger partial charge in [-0.1, -0.05) is 34.8 Å². The normalized spacial score (nSPS) is 10.5. The van der Waals surface area contributed by atoms with E-state index >= 15 is 0 Å². The topological polar surface area (TPSA) is 69.4 Å². The smallest absolute Gasteiger partial charge is 0.312 e. The highest BCUT2D eigenvalue weighted by molar-refractivity contribution is 8.14. The van der Waals surface area contributed by atoms with Crippen LogP contribution >= 0.6 is 46.6 Å².